The fraction of sp³-hybridized carbons (Fsp3) is 0.615. The molecule has 3 heteroatoms. The normalized spacial score (nSPS) is 25.4. The Bertz CT molecular complexity index is 340. The van der Waals surface area contributed by atoms with E-state index in [9.17, 15) is 0 Å². The van der Waals surface area contributed by atoms with Crippen LogP contribution in [0, 0.1) is 11.8 Å². The van der Waals surface area contributed by atoms with Gasteiger partial charge in [0.2, 0.25) is 0 Å². The van der Waals surface area contributed by atoms with Crippen LogP contribution in [0.3, 0.4) is 0 Å². The van der Waals surface area contributed by atoms with E-state index in [1.54, 1.807) is 6.20 Å². The van der Waals surface area contributed by atoms with Crippen molar-refractivity contribution >= 4 is 17.3 Å². The summed E-state index contributed by atoms with van der Waals surface area (Å²) >= 11 is 6.00. The Morgan fingerprint density at radius 1 is 1.50 bits per heavy atom. The van der Waals surface area contributed by atoms with Crippen molar-refractivity contribution in [3.8, 4) is 0 Å². The van der Waals surface area contributed by atoms with Crippen LogP contribution in [0.2, 0.25) is 5.15 Å². The van der Waals surface area contributed by atoms with Gasteiger partial charge in [-0.1, -0.05) is 31.4 Å². The van der Waals surface area contributed by atoms with E-state index in [0.717, 1.165) is 24.1 Å². The summed E-state index contributed by atoms with van der Waals surface area (Å²) in [6, 6.07) is 3.90. The molecular weight excluding hydrogens is 220 g/mol. The fourth-order valence-electron chi connectivity index (χ4n) is 2.52. The third-order valence-corrected chi connectivity index (χ3v) is 3.69. The van der Waals surface area contributed by atoms with Crippen LogP contribution in [0.15, 0.2) is 18.3 Å². The molecule has 0 aromatic carbocycles. The molecule has 2 unspecified atom stereocenters. The highest BCUT2D eigenvalue weighted by atomic mass is 35.5. The minimum Gasteiger partial charge on any atom is -0.382 e. The van der Waals surface area contributed by atoms with Crippen LogP contribution in [0.5, 0.6) is 0 Å². The monoisotopic (exact) mass is 238 g/mol. The van der Waals surface area contributed by atoms with Gasteiger partial charge in [-0.2, -0.15) is 0 Å². The van der Waals surface area contributed by atoms with Crippen LogP contribution in [-0.4, -0.2) is 11.5 Å². The van der Waals surface area contributed by atoms with Gasteiger partial charge in [0.15, 0.2) is 5.15 Å². The van der Waals surface area contributed by atoms with Crippen molar-refractivity contribution in [2.75, 3.05) is 11.9 Å². The molecule has 1 N–H and O–H groups in total. The van der Waals surface area contributed by atoms with Crippen LogP contribution < -0.4 is 5.32 Å². The van der Waals surface area contributed by atoms with Crippen LogP contribution in [-0.2, 0) is 0 Å². The van der Waals surface area contributed by atoms with Gasteiger partial charge in [-0.25, -0.2) is 4.98 Å². The highest BCUT2D eigenvalue weighted by molar-refractivity contribution is 6.31. The minimum absolute atomic E-state index is 0.575. The van der Waals surface area contributed by atoms with Crippen LogP contribution in [0.1, 0.15) is 32.6 Å². The maximum absolute atomic E-state index is 6.00. The van der Waals surface area contributed by atoms with Crippen molar-refractivity contribution in [1.29, 1.82) is 0 Å². The van der Waals surface area contributed by atoms with Crippen LogP contribution in [0.25, 0.3) is 0 Å². The summed E-state index contributed by atoms with van der Waals surface area (Å²) in [7, 11) is 0. The SMILES string of the molecule is CC1CCCC(CNc2cccnc2Cl)C1. The van der Waals surface area contributed by atoms with Crippen molar-refractivity contribution in [2.45, 2.75) is 32.6 Å². The van der Waals surface area contributed by atoms with E-state index in [1.807, 2.05) is 12.1 Å². The highest BCUT2D eigenvalue weighted by Gasteiger charge is 2.18. The quantitative estimate of drug-likeness (QED) is 0.806. The molecule has 88 valence electrons. The molecule has 16 heavy (non-hydrogen) atoms. The molecule has 1 heterocycles. The molecule has 0 spiro atoms. The lowest BCUT2D eigenvalue weighted by atomic mass is 9.82. The van der Waals surface area contributed by atoms with Crippen LogP contribution >= 0.6 is 11.6 Å². The van der Waals surface area contributed by atoms with E-state index in [4.69, 9.17) is 11.6 Å². The van der Waals surface area contributed by atoms with E-state index in [2.05, 4.69) is 17.2 Å². The van der Waals surface area contributed by atoms with Gasteiger partial charge in [-0.3, -0.25) is 0 Å². The number of hydrogen-bond acceptors (Lipinski definition) is 2. The largest absolute Gasteiger partial charge is 0.382 e. The molecule has 0 aliphatic heterocycles. The lowest BCUT2D eigenvalue weighted by Crippen LogP contribution is -2.21. The zero-order chi connectivity index (χ0) is 11.4. The van der Waals surface area contributed by atoms with E-state index in [-0.39, 0.29) is 0 Å². The number of rotatable bonds is 3. The van der Waals surface area contributed by atoms with E-state index < -0.39 is 0 Å². The average molecular weight is 239 g/mol. The molecule has 1 aromatic heterocycles. The summed E-state index contributed by atoms with van der Waals surface area (Å²) in [5, 5.41) is 3.98. The second kappa shape index (κ2) is 5.53. The van der Waals surface area contributed by atoms with Gasteiger partial charge in [-0.05, 0) is 36.8 Å². The first kappa shape index (κ1) is 11.7. The second-order valence-corrected chi connectivity index (χ2v) is 5.22. The molecule has 0 amide bonds. The lowest BCUT2D eigenvalue weighted by molar-refractivity contribution is 0.293. The van der Waals surface area contributed by atoms with Gasteiger partial charge in [-0.15, -0.1) is 0 Å². The van der Waals surface area contributed by atoms with Crippen LogP contribution in [0.4, 0.5) is 5.69 Å². The molecule has 1 fully saturated rings. The molecule has 0 saturated heterocycles. The molecule has 0 bridgehead atoms. The van der Waals surface area contributed by atoms with E-state index in [0.29, 0.717) is 5.15 Å². The molecular formula is C13H19ClN2. The summed E-state index contributed by atoms with van der Waals surface area (Å²) in [6.45, 7) is 3.37. The van der Waals surface area contributed by atoms with Crippen molar-refractivity contribution in [1.82, 2.24) is 4.98 Å². The van der Waals surface area contributed by atoms with Gasteiger partial charge in [0.05, 0.1) is 5.69 Å². The summed E-state index contributed by atoms with van der Waals surface area (Å²) in [5.41, 5.74) is 0.961. The number of hydrogen-bond donors (Lipinski definition) is 1. The van der Waals surface area contributed by atoms with Gasteiger partial charge in [0.1, 0.15) is 0 Å². The number of halogens is 1. The third-order valence-electron chi connectivity index (χ3n) is 3.39. The predicted molar refractivity (Wildman–Crippen MR) is 68.9 cm³/mol. The van der Waals surface area contributed by atoms with Gasteiger partial charge in [0.25, 0.3) is 0 Å². The summed E-state index contributed by atoms with van der Waals surface area (Å²) in [5.74, 6) is 1.67. The Balaban J connectivity index is 1.85. The minimum atomic E-state index is 0.575. The maximum Gasteiger partial charge on any atom is 0.152 e. The summed E-state index contributed by atoms with van der Waals surface area (Å²) < 4.78 is 0. The van der Waals surface area contributed by atoms with Crippen molar-refractivity contribution < 1.29 is 0 Å². The molecule has 2 rings (SSSR count). The Kier molecular flexibility index (Phi) is 4.05. The Morgan fingerprint density at radius 2 is 2.38 bits per heavy atom. The zero-order valence-electron chi connectivity index (χ0n) is 9.75. The first-order valence-corrected chi connectivity index (χ1v) is 6.48. The first-order chi connectivity index (χ1) is 7.75. The number of aromatic nitrogens is 1. The highest BCUT2D eigenvalue weighted by Crippen LogP contribution is 2.29. The number of nitrogens with zero attached hydrogens (tertiary/aromatic N) is 1. The fourth-order valence-corrected chi connectivity index (χ4v) is 2.70. The van der Waals surface area contributed by atoms with E-state index >= 15 is 0 Å². The zero-order valence-corrected chi connectivity index (χ0v) is 10.5. The Hall–Kier alpha value is -0.760. The van der Waals surface area contributed by atoms with Gasteiger partial charge in [0, 0.05) is 12.7 Å². The smallest absolute Gasteiger partial charge is 0.152 e. The maximum atomic E-state index is 6.00. The van der Waals surface area contributed by atoms with Crippen molar-refractivity contribution in [3.05, 3.63) is 23.5 Å². The predicted octanol–water partition coefficient (Wildman–Crippen LogP) is 3.97. The molecule has 2 atom stereocenters. The third kappa shape index (κ3) is 3.11. The average Bonchev–Trinajstić information content (AvgIpc) is 2.28. The molecule has 1 aromatic rings. The standard InChI is InChI=1S/C13H19ClN2/c1-10-4-2-5-11(8-10)9-16-12-6-3-7-15-13(12)14/h3,6-7,10-11,16H,2,4-5,8-9H2,1H3. The molecule has 0 radical (unpaired) electrons. The van der Waals surface area contributed by atoms with Gasteiger partial charge >= 0.3 is 0 Å². The first-order valence-electron chi connectivity index (χ1n) is 6.10. The Morgan fingerprint density at radius 3 is 3.12 bits per heavy atom. The number of anilines is 1. The van der Waals surface area contributed by atoms with Crippen molar-refractivity contribution in [3.63, 3.8) is 0 Å². The molecule has 1 aliphatic carbocycles. The number of pyridine rings is 1. The van der Waals surface area contributed by atoms with E-state index in [1.165, 1.54) is 25.7 Å². The topological polar surface area (TPSA) is 24.9 Å². The number of nitrogens with one attached hydrogen (secondary N) is 1. The molecule has 1 aliphatic rings. The van der Waals surface area contributed by atoms with Crippen molar-refractivity contribution in [2.24, 2.45) is 11.8 Å². The lowest BCUT2D eigenvalue weighted by Gasteiger charge is -2.27. The molecule has 2 nitrogen and oxygen atoms in total. The summed E-state index contributed by atoms with van der Waals surface area (Å²) in [4.78, 5) is 4.06. The second-order valence-electron chi connectivity index (χ2n) is 4.86. The molecule has 1 saturated carbocycles. The van der Waals surface area contributed by atoms with Gasteiger partial charge < -0.3 is 5.32 Å². The Labute approximate surface area is 102 Å². The summed E-state index contributed by atoms with van der Waals surface area (Å²) in [6.07, 6.45) is 7.16.